The van der Waals surface area contributed by atoms with Gasteiger partial charge in [0.25, 0.3) is 5.69 Å². The molecule has 0 N–H and O–H groups in total. The minimum Gasteiger partial charge on any atom is -0.402 e. The molecule has 0 unspecified atom stereocenters. The van der Waals surface area contributed by atoms with E-state index in [1.54, 1.807) is 12.1 Å². The smallest absolute Gasteiger partial charge is 0.363 e. The van der Waals surface area contributed by atoms with Gasteiger partial charge in [-0.3, -0.25) is 10.1 Å². The number of hydrogen-bond donors (Lipinski definition) is 0. The maximum atomic E-state index is 12.0. The quantitative estimate of drug-likeness (QED) is 0.377. The van der Waals surface area contributed by atoms with Crippen LogP contribution in [-0.4, -0.2) is 16.8 Å². The van der Waals surface area contributed by atoms with Crippen LogP contribution in [0, 0.1) is 17.0 Å². The van der Waals surface area contributed by atoms with Crippen molar-refractivity contribution in [3.63, 3.8) is 0 Å². The third kappa shape index (κ3) is 3.01. The Morgan fingerprint density at radius 1 is 1.17 bits per heavy atom. The Morgan fingerprint density at radius 3 is 2.70 bits per heavy atom. The Morgan fingerprint density at radius 2 is 1.96 bits per heavy atom. The number of nitrogens with zero attached hydrogens (tertiary/aromatic N) is 2. The van der Waals surface area contributed by atoms with Crippen LogP contribution in [0.4, 0.5) is 5.69 Å². The van der Waals surface area contributed by atoms with Gasteiger partial charge in [-0.05, 0) is 30.2 Å². The molecule has 114 valence electrons. The molecule has 0 saturated heterocycles. The molecule has 0 bridgehead atoms. The van der Waals surface area contributed by atoms with Crippen molar-refractivity contribution in [2.75, 3.05) is 0 Å². The van der Waals surface area contributed by atoms with Gasteiger partial charge in [-0.1, -0.05) is 30.3 Å². The summed E-state index contributed by atoms with van der Waals surface area (Å²) in [5, 5.41) is 10.8. The highest BCUT2D eigenvalue weighted by atomic mass is 16.6. The van der Waals surface area contributed by atoms with E-state index in [0.29, 0.717) is 5.56 Å². The summed E-state index contributed by atoms with van der Waals surface area (Å²) in [7, 11) is 0. The molecule has 2 aromatic carbocycles. The number of rotatable bonds is 3. The van der Waals surface area contributed by atoms with E-state index in [1.165, 1.54) is 18.2 Å². The fourth-order valence-electron chi connectivity index (χ4n) is 2.22. The summed E-state index contributed by atoms with van der Waals surface area (Å²) in [6.45, 7) is 1.90. The Labute approximate surface area is 131 Å². The lowest BCUT2D eigenvalue weighted by Gasteiger charge is -2.02. The number of ether oxygens (including phenoxy) is 1. The summed E-state index contributed by atoms with van der Waals surface area (Å²) < 4.78 is 5.20. The lowest BCUT2D eigenvalue weighted by Crippen LogP contribution is -2.06. The van der Waals surface area contributed by atoms with E-state index in [9.17, 15) is 14.9 Å². The van der Waals surface area contributed by atoms with E-state index in [-0.39, 0.29) is 17.3 Å². The molecule has 1 aliphatic heterocycles. The van der Waals surface area contributed by atoms with Gasteiger partial charge < -0.3 is 4.74 Å². The van der Waals surface area contributed by atoms with Crippen LogP contribution >= 0.6 is 0 Å². The molecule has 3 rings (SSSR count). The molecule has 0 aromatic heterocycles. The van der Waals surface area contributed by atoms with Gasteiger partial charge in [0, 0.05) is 17.7 Å². The number of nitro benzene ring substituents is 1. The minimum absolute atomic E-state index is 0.0474. The monoisotopic (exact) mass is 308 g/mol. The molecule has 0 saturated carbocycles. The number of non-ortho nitro benzene ring substituents is 1. The van der Waals surface area contributed by atoms with Gasteiger partial charge in [0.2, 0.25) is 5.90 Å². The molecule has 6 nitrogen and oxygen atoms in total. The first-order chi connectivity index (χ1) is 11.0. The SMILES string of the molecule is Cc1ccccc1C1=N/C(=C\c2cccc([N+](=O)[O-])c2)C(=O)O1. The maximum absolute atomic E-state index is 12.0. The summed E-state index contributed by atoms with van der Waals surface area (Å²) in [6, 6.07) is 13.4. The van der Waals surface area contributed by atoms with Crippen molar-refractivity contribution in [2.24, 2.45) is 4.99 Å². The van der Waals surface area contributed by atoms with E-state index < -0.39 is 10.9 Å². The lowest BCUT2D eigenvalue weighted by atomic mass is 10.1. The number of nitro groups is 1. The van der Waals surface area contributed by atoms with Gasteiger partial charge in [0.1, 0.15) is 0 Å². The Kier molecular flexibility index (Phi) is 3.72. The summed E-state index contributed by atoms with van der Waals surface area (Å²) in [5.74, 6) is -0.334. The van der Waals surface area contributed by atoms with Crippen LogP contribution in [0.2, 0.25) is 0 Å². The van der Waals surface area contributed by atoms with Crippen LogP contribution in [-0.2, 0) is 9.53 Å². The zero-order valence-corrected chi connectivity index (χ0v) is 12.2. The van der Waals surface area contributed by atoms with Gasteiger partial charge in [0.05, 0.1) is 4.92 Å². The van der Waals surface area contributed by atoms with Crippen LogP contribution in [0.15, 0.2) is 59.2 Å². The lowest BCUT2D eigenvalue weighted by molar-refractivity contribution is -0.384. The van der Waals surface area contributed by atoms with Crippen molar-refractivity contribution in [3.8, 4) is 0 Å². The summed E-state index contributed by atoms with van der Waals surface area (Å²) in [5.41, 5.74) is 2.26. The predicted octanol–water partition coefficient (Wildman–Crippen LogP) is 3.25. The first kappa shape index (κ1) is 14.6. The number of aryl methyl sites for hydroxylation is 1. The van der Waals surface area contributed by atoms with Crippen LogP contribution in [0.5, 0.6) is 0 Å². The molecule has 0 radical (unpaired) electrons. The molecule has 0 aliphatic carbocycles. The van der Waals surface area contributed by atoms with Crippen LogP contribution < -0.4 is 0 Å². The van der Waals surface area contributed by atoms with Crippen molar-refractivity contribution in [1.29, 1.82) is 0 Å². The molecule has 1 aliphatic rings. The Hall–Kier alpha value is -3.28. The molecule has 0 amide bonds. The highest BCUT2D eigenvalue weighted by molar-refractivity contribution is 6.13. The second-order valence-corrected chi connectivity index (χ2v) is 5.00. The van der Waals surface area contributed by atoms with E-state index in [0.717, 1.165) is 11.1 Å². The van der Waals surface area contributed by atoms with Crippen molar-refractivity contribution in [2.45, 2.75) is 6.92 Å². The normalized spacial score (nSPS) is 15.4. The zero-order valence-electron chi connectivity index (χ0n) is 12.2. The Bertz CT molecular complexity index is 868. The van der Waals surface area contributed by atoms with Crippen LogP contribution in [0.3, 0.4) is 0 Å². The van der Waals surface area contributed by atoms with Gasteiger partial charge in [-0.25, -0.2) is 9.79 Å². The van der Waals surface area contributed by atoms with Crippen LogP contribution in [0.25, 0.3) is 6.08 Å². The first-order valence-corrected chi connectivity index (χ1v) is 6.87. The maximum Gasteiger partial charge on any atom is 0.363 e. The van der Waals surface area contributed by atoms with Crippen molar-refractivity contribution >= 4 is 23.6 Å². The third-order valence-corrected chi connectivity index (χ3v) is 3.38. The van der Waals surface area contributed by atoms with Gasteiger partial charge >= 0.3 is 5.97 Å². The molecule has 0 spiro atoms. The number of cyclic esters (lactones) is 1. The van der Waals surface area contributed by atoms with Crippen LogP contribution in [0.1, 0.15) is 16.7 Å². The second-order valence-electron chi connectivity index (χ2n) is 5.00. The average Bonchev–Trinajstić information content (AvgIpc) is 2.89. The molecule has 0 fully saturated rings. The summed E-state index contributed by atoms with van der Waals surface area (Å²) in [4.78, 5) is 26.5. The number of benzene rings is 2. The fraction of sp³-hybridized carbons (Fsp3) is 0.0588. The third-order valence-electron chi connectivity index (χ3n) is 3.38. The predicted molar refractivity (Wildman–Crippen MR) is 84.9 cm³/mol. The second kappa shape index (κ2) is 5.84. The molecule has 0 atom stereocenters. The number of esters is 1. The number of carbonyl (C=O) groups excluding carboxylic acids is 1. The van der Waals surface area contributed by atoms with Gasteiger partial charge in [-0.2, -0.15) is 0 Å². The van der Waals surface area contributed by atoms with E-state index >= 15 is 0 Å². The van der Waals surface area contributed by atoms with Crippen molar-refractivity contribution < 1.29 is 14.5 Å². The number of hydrogen-bond acceptors (Lipinski definition) is 5. The average molecular weight is 308 g/mol. The molecule has 23 heavy (non-hydrogen) atoms. The fourth-order valence-corrected chi connectivity index (χ4v) is 2.22. The Balaban J connectivity index is 1.97. The molecular weight excluding hydrogens is 296 g/mol. The van der Waals surface area contributed by atoms with E-state index in [1.807, 2.05) is 31.2 Å². The molecule has 6 heteroatoms. The number of carbonyl (C=O) groups is 1. The highest BCUT2D eigenvalue weighted by Gasteiger charge is 2.25. The van der Waals surface area contributed by atoms with Gasteiger partial charge in [-0.15, -0.1) is 0 Å². The van der Waals surface area contributed by atoms with Crippen molar-refractivity contribution in [1.82, 2.24) is 0 Å². The molecular formula is C17H12N2O4. The highest BCUT2D eigenvalue weighted by Crippen LogP contribution is 2.22. The minimum atomic E-state index is -0.574. The van der Waals surface area contributed by atoms with E-state index in [2.05, 4.69) is 4.99 Å². The summed E-state index contributed by atoms with van der Waals surface area (Å²) in [6.07, 6.45) is 1.47. The van der Waals surface area contributed by atoms with E-state index in [4.69, 9.17) is 4.74 Å². The zero-order chi connectivity index (χ0) is 16.4. The molecule has 2 aromatic rings. The molecule has 1 heterocycles. The first-order valence-electron chi connectivity index (χ1n) is 6.87. The topological polar surface area (TPSA) is 81.8 Å². The van der Waals surface area contributed by atoms with Crippen molar-refractivity contribution in [3.05, 3.63) is 81.0 Å². The standard InChI is InChI=1S/C17H12N2O4/c1-11-5-2-3-8-14(11)16-18-15(17(20)23-16)10-12-6-4-7-13(9-12)19(21)22/h2-10H,1H3/b15-10-. The number of aliphatic imine (C=N–C) groups is 1. The summed E-state index contributed by atoms with van der Waals surface area (Å²) >= 11 is 0. The largest absolute Gasteiger partial charge is 0.402 e. The van der Waals surface area contributed by atoms with Gasteiger partial charge in [0.15, 0.2) is 5.70 Å².